The van der Waals surface area contributed by atoms with Crippen LogP contribution in [0.3, 0.4) is 0 Å². The number of fused-ring (bicyclic) bond motifs is 8. The highest BCUT2D eigenvalue weighted by Gasteiger charge is 2.17. The number of hydrogen-bond donors (Lipinski definition) is 0. The van der Waals surface area contributed by atoms with Gasteiger partial charge in [-0.05, 0) is 75.5 Å². The van der Waals surface area contributed by atoms with Gasteiger partial charge in [0, 0.05) is 38.2 Å². The van der Waals surface area contributed by atoms with Crippen LogP contribution in [0.1, 0.15) is 0 Å². The normalized spacial score (nSPS) is 11.7. The first kappa shape index (κ1) is 30.3. The molecule has 0 spiro atoms. The molecule has 0 aliphatic rings. The lowest BCUT2D eigenvalue weighted by Crippen LogP contribution is -2.00. The van der Waals surface area contributed by atoms with E-state index in [2.05, 4.69) is 133 Å². The van der Waals surface area contributed by atoms with E-state index in [1.807, 2.05) is 42.5 Å². The molecule has 0 aliphatic carbocycles. The summed E-state index contributed by atoms with van der Waals surface area (Å²) in [5.74, 6) is 1.81. The Morgan fingerprint density at radius 2 is 0.815 bits per heavy atom. The van der Waals surface area contributed by atoms with Crippen LogP contribution in [0.2, 0.25) is 0 Å². The summed E-state index contributed by atoms with van der Waals surface area (Å²) in [4.78, 5) is 15.5. The molecular formula is C49H29N3O2. The molecule has 0 aliphatic heterocycles. The number of aromatic nitrogens is 3. The molecule has 8 aromatic carbocycles. The van der Waals surface area contributed by atoms with Gasteiger partial charge < -0.3 is 8.83 Å². The topological polar surface area (TPSA) is 65.0 Å². The standard InChI is InChI=1S/C49H29N3O2/c1-2-11-30(12-3-1)31-13-8-15-34(27-31)47-50-48(35-16-9-14-32(28-35)37-19-10-22-43-45(37)39-17-4-6-20-41(39)53-43)52-49(51-47)36-23-25-38-33(29-36)24-26-44-46(38)40-18-5-7-21-42(40)54-44/h1-29H. The molecule has 252 valence electrons. The molecule has 0 amide bonds. The molecule has 54 heavy (non-hydrogen) atoms. The zero-order chi connectivity index (χ0) is 35.6. The fourth-order valence-corrected chi connectivity index (χ4v) is 7.77. The average molecular weight is 692 g/mol. The summed E-state index contributed by atoms with van der Waals surface area (Å²) in [6.45, 7) is 0. The first-order valence-electron chi connectivity index (χ1n) is 18.0. The van der Waals surface area contributed by atoms with Crippen LogP contribution in [0, 0.1) is 0 Å². The van der Waals surface area contributed by atoms with E-state index in [9.17, 15) is 0 Å². The van der Waals surface area contributed by atoms with Crippen molar-refractivity contribution < 1.29 is 8.83 Å². The Morgan fingerprint density at radius 1 is 0.296 bits per heavy atom. The van der Waals surface area contributed by atoms with Gasteiger partial charge in [0.25, 0.3) is 0 Å². The van der Waals surface area contributed by atoms with Crippen LogP contribution >= 0.6 is 0 Å². The second kappa shape index (κ2) is 12.1. The van der Waals surface area contributed by atoms with Crippen LogP contribution in [0.4, 0.5) is 0 Å². The minimum absolute atomic E-state index is 0.600. The molecule has 0 unspecified atom stereocenters. The zero-order valence-electron chi connectivity index (χ0n) is 28.9. The Kier molecular flexibility index (Phi) is 6.79. The number of nitrogens with zero attached hydrogens (tertiary/aromatic N) is 3. The Hall–Kier alpha value is -7.37. The molecule has 0 bridgehead atoms. The fraction of sp³-hybridized carbons (Fsp3) is 0. The molecule has 11 rings (SSSR count). The van der Waals surface area contributed by atoms with Crippen molar-refractivity contribution >= 4 is 54.6 Å². The highest BCUT2D eigenvalue weighted by Crippen LogP contribution is 2.39. The smallest absolute Gasteiger partial charge is 0.164 e. The summed E-state index contributed by atoms with van der Waals surface area (Å²) in [5.41, 5.74) is 10.6. The molecule has 0 N–H and O–H groups in total. The molecule has 0 atom stereocenters. The van der Waals surface area contributed by atoms with Crippen molar-refractivity contribution in [3.05, 3.63) is 176 Å². The summed E-state index contributed by atoms with van der Waals surface area (Å²) < 4.78 is 12.4. The quantitative estimate of drug-likeness (QED) is 0.180. The third kappa shape index (κ3) is 4.98. The highest BCUT2D eigenvalue weighted by atomic mass is 16.3. The van der Waals surface area contributed by atoms with Crippen LogP contribution in [0.15, 0.2) is 185 Å². The van der Waals surface area contributed by atoms with Crippen LogP contribution < -0.4 is 0 Å². The minimum atomic E-state index is 0.600. The molecule has 5 nitrogen and oxygen atoms in total. The number of benzene rings is 8. The Balaban J connectivity index is 1.09. The predicted octanol–water partition coefficient (Wildman–Crippen LogP) is 13.2. The first-order chi connectivity index (χ1) is 26.7. The maximum absolute atomic E-state index is 6.23. The van der Waals surface area contributed by atoms with Crippen LogP contribution in [0.25, 0.3) is 111 Å². The third-order valence-corrected chi connectivity index (χ3v) is 10.3. The second-order valence-electron chi connectivity index (χ2n) is 13.6. The monoisotopic (exact) mass is 691 g/mol. The lowest BCUT2D eigenvalue weighted by atomic mass is 9.97. The van der Waals surface area contributed by atoms with Gasteiger partial charge in [-0.15, -0.1) is 0 Å². The molecular weight excluding hydrogens is 663 g/mol. The van der Waals surface area contributed by atoms with Crippen molar-refractivity contribution in [3.8, 4) is 56.4 Å². The van der Waals surface area contributed by atoms with Gasteiger partial charge in [-0.2, -0.15) is 0 Å². The number of furan rings is 2. The number of hydrogen-bond acceptors (Lipinski definition) is 5. The van der Waals surface area contributed by atoms with E-state index in [1.54, 1.807) is 0 Å². The molecule has 11 aromatic rings. The van der Waals surface area contributed by atoms with Gasteiger partial charge in [-0.1, -0.05) is 133 Å². The van der Waals surface area contributed by atoms with E-state index in [0.717, 1.165) is 93.6 Å². The lowest BCUT2D eigenvalue weighted by Gasteiger charge is -2.11. The second-order valence-corrected chi connectivity index (χ2v) is 13.6. The van der Waals surface area contributed by atoms with Crippen LogP contribution in [-0.2, 0) is 0 Å². The molecule has 0 radical (unpaired) electrons. The van der Waals surface area contributed by atoms with Gasteiger partial charge in [0.2, 0.25) is 0 Å². The van der Waals surface area contributed by atoms with Crippen LogP contribution in [0.5, 0.6) is 0 Å². The summed E-state index contributed by atoms with van der Waals surface area (Å²) in [7, 11) is 0. The van der Waals surface area contributed by atoms with E-state index in [1.165, 1.54) is 0 Å². The Bertz CT molecular complexity index is 3230. The van der Waals surface area contributed by atoms with Gasteiger partial charge in [-0.25, -0.2) is 15.0 Å². The van der Waals surface area contributed by atoms with E-state index in [0.29, 0.717) is 17.5 Å². The highest BCUT2D eigenvalue weighted by molar-refractivity contribution is 6.19. The summed E-state index contributed by atoms with van der Waals surface area (Å²) in [6, 6.07) is 60.4. The van der Waals surface area contributed by atoms with Crippen molar-refractivity contribution in [2.75, 3.05) is 0 Å². The zero-order valence-corrected chi connectivity index (χ0v) is 28.9. The molecule has 5 heteroatoms. The molecule has 3 heterocycles. The maximum atomic E-state index is 6.23. The van der Waals surface area contributed by atoms with Crippen molar-refractivity contribution in [2.24, 2.45) is 0 Å². The molecule has 0 saturated carbocycles. The van der Waals surface area contributed by atoms with Crippen molar-refractivity contribution in [2.45, 2.75) is 0 Å². The van der Waals surface area contributed by atoms with Gasteiger partial charge in [0.1, 0.15) is 22.3 Å². The largest absolute Gasteiger partial charge is 0.456 e. The van der Waals surface area contributed by atoms with Crippen molar-refractivity contribution in [1.82, 2.24) is 15.0 Å². The maximum Gasteiger partial charge on any atom is 0.164 e. The van der Waals surface area contributed by atoms with E-state index < -0.39 is 0 Å². The van der Waals surface area contributed by atoms with Crippen LogP contribution in [-0.4, -0.2) is 15.0 Å². The van der Waals surface area contributed by atoms with E-state index >= 15 is 0 Å². The van der Waals surface area contributed by atoms with Crippen molar-refractivity contribution in [3.63, 3.8) is 0 Å². The number of rotatable bonds is 5. The van der Waals surface area contributed by atoms with Gasteiger partial charge in [-0.3, -0.25) is 0 Å². The SMILES string of the molecule is c1ccc(-c2cccc(-c3nc(-c4cccc(-c5cccc6oc7ccccc7c56)c4)nc(-c4ccc5c(ccc6oc7ccccc7c65)c4)n3)c2)cc1. The molecule has 3 aromatic heterocycles. The van der Waals surface area contributed by atoms with Gasteiger partial charge in [0.05, 0.1) is 0 Å². The van der Waals surface area contributed by atoms with Crippen molar-refractivity contribution in [1.29, 1.82) is 0 Å². The Morgan fingerprint density at radius 3 is 1.54 bits per heavy atom. The summed E-state index contributed by atoms with van der Waals surface area (Å²) >= 11 is 0. The summed E-state index contributed by atoms with van der Waals surface area (Å²) in [6.07, 6.45) is 0. The van der Waals surface area contributed by atoms with E-state index in [4.69, 9.17) is 23.8 Å². The average Bonchev–Trinajstić information content (AvgIpc) is 3.83. The Labute approximate surface area is 309 Å². The third-order valence-electron chi connectivity index (χ3n) is 10.3. The predicted molar refractivity (Wildman–Crippen MR) is 219 cm³/mol. The first-order valence-corrected chi connectivity index (χ1v) is 18.0. The fourth-order valence-electron chi connectivity index (χ4n) is 7.77. The van der Waals surface area contributed by atoms with Gasteiger partial charge in [0.15, 0.2) is 17.5 Å². The van der Waals surface area contributed by atoms with E-state index in [-0.39, 0.29) is 0 Å². The van der Waals surface area contributed by atoms with Gasteiger partial charge >= 0.3 is 0 Å². The lowest BCUT2D eigenvalue weighted by molar-refractivity contribution is 0.668. The molecule has 0 saturated heterocycles. The number of para-hydroxylation sites is 2. The molecule has 0 fully saturated rings. The summed E-state index contributed by atoms with van der Waals surface area (Å²) in [5, 5.41) is 6.61. The minimum Gasteiger partial charge on any atom is -0.456 e.